The van der Waals surface area contributed by atoms with E-state index in [-0.39, 0.29) is 6.61 Å². The maximum absolute atomic E-state index is 11.5. The Morgan fingerprint density at radius 2 is 1.47 bits per heavy atom. The summed E-state index contributed by atoms with van der Waals surface area (Å²) in [7, 11) is 0. The lowest BCUT2D eigenvalue weighted by molar-refractivity contribution is 0.0693. The normalized spacial score (nSPS) is 10.7. The zero-order valence-electron chi connectivity index (χ0n) is 16.7. The fourth-order valence-electron chi connectivity index (χ4n) is 3.46. The molecule has 4 nitrogen and oxygen atoms in total. The molecule has 0 saturated carbocycles. The smallest absolute Gasteiger partial charge is 0.336 e. The van der Waals surface area contributed by atoms with Gasteiger partial charge in [0.1, 0.15) is 24.7 Å². The first-order chi connectivity index (χ1) is 14.6. The van der Waals surface area contributed by atoms with Crippen molar-refractivity contribution in [3.05, 3.63) is 107 Å². The SMILES string of the molecule is Cc1cccc(COc2cccc(OCc3ccc4ccccc4c3)c2)c1C(=O)O. The van der Waals surface area contributed by atoms with Gasteiger partial charge in [-0.25, -0.2) is 4.79 Å². The van der Waals surface area contributed by atoms with Crippen molar-refractivity contribution < 1.29 is 19.4 Å². The third kappa shape index (κ3) is 4.44. The fourth-order valence-corrected chi connectivity index (χ4v) is 3.46. The van der Waals surface area contributed by atoms with Crippen molar-refractivity contribution in [3.63, 3.8) is 0 Å². The number of carboxylic acids is 1. The van der Waals surface area contributed by atoms with Gasteiger partial charge in [0.25, 0.3) is 0 Å². The van der Waals surface area contributed by atoms with Crippen LogP contribution >= 0.6 is 0 Å². The number of carboxylic acid groups (broad SMARTS) is 1. The highest BCUT2D eigenvalue weighted by Crippen LogP contribution is 2.23. The third-order valence-electron chi connectivity index (χ3n) is 4.99. The van der Waals surface area contributed by atoms with Gasteiger partial charge < -0.3 is 14.6 Å². The predicted octanol–water partition coefficient (Wildman–Crippen LogP) is 6.00. The summed E-state index contributed by atoms with van der Waals surface area (Å²) in [5.41, 5.74) is 2.74. The highest BCUT2D eigenvalue weighted by molar-refractivity contribution is 5.91. The second-order valence-electron chi connectivity index (χ2n) is 7.15. The number of fused-ring (bicyclic) bond motifs is 1. The molecule has 4 aromatic rings. The van der Waals surface area contributed by atoms with E-state index in [0.29, 0.717) is 29.2 Å². The number of ether oxygens (including phenoxy) is 2. The topological polar surface area (TPSA) is 55.8 Å². The van der Waals surface area contributed by atoms with Gasteiger partial charge in [0, 0.05) is 11.6 Å². The maximum Gasteiger partial charge on any atom is 0.336 e. The molecule has 0 unspecified atom stereocenters. The van der Waals surface area contributed by atoms with Crippen molar-refractivity contribution in [1.82, 2.24) is 0 Å². The maximum atomic E-state index is 11.5. The first-order valence-electron chi connectivity index (χ1n) is 9.75. The lowest BCUT2D eigenvalue weighted by Crippen LogP contribution is -2.07. The number of hydrogen-bond donors (Lipinski definition) is 1. The molecule has 150 valence electrons. The van der Waals surface area contributed by atoms with Gasteiger partial charge in [0.05, 0.1) is 5.56 Å². The van der Waals surface area contributed by atoms with E-state index in [1.165, 1.54) is 10.8 Å². The summed E-state index contributed by atoms with van der Waals surface area (Å²) in [5.74, 6) is 0.381. The molecule has 1 N–H and O–H groups in total. The molecule has 4 rings (SSSR count). The molecule has 0 saturated heterocycles. The van der Waals surface area contributed by atoms with Gasteiger partial charge >= 0.3 is 5.97 Å². The van der Waals surface area contributed by atoms with Gasteiger partial charge in [-0.05, 0) is 47.0 Å². The zero-order valence-corrected chi connectivity index (χ0v) is 16.7. The van der Waals surface area contributed by atoms with Gasteiger partial charge in [0.15, 0.2) is 0 Å². The van der Waals surface area contributed by atoms with Crippen molar-refractivity contribution in [1.29, 1.82) is 0 Å². The lowest BCUT2D eigenvalue weighted by atomic mass is 10.0. The Balaban J connectivity index is 1.43. The van der Waals surface area contributed by atoms with Crippen LogP contribution in [0.3, 0.4) is 0 Å². The predicted molar refractivity (Wildman–Crippen MR) is 117 cm³/mol. The van der Waals surface area contributed by atoms with Crippen LogP contribution < -0.4 is 9.47 Å². The van der Waals surface area contributed by atoms with E-state index in [2.05, 4.69) is 30.3 Å². The number of rotatable bonds is 7. The number of aryl methyl sites for hydroxylation is 1. The monoisotopic (exact) mass is 398 g/mol. The van der Waals surface area contributed by atoms with E-state index in [1.54, 1.807) is 19.1 Å². The van der Waals surface area contributed by atoms with Crippen LogP contribution in [-0.2, 0) is 13.2 Å². The molecule has 0 heterocycles. The Labute approximate surface area is 175 Å². The molecular formula is C26H22O4. The van der Waals surface area contributed by atoms with Gasteiger partial charge in [-0.3, -0.25) is 0 Å². The van der Waals surface area contributed by atoms with E-state index in [0.717, 1.165) is 11.1 Å². The molecule has 0 aliphatic carbocycles. The minimum Gasteiger partial charge on any atom is -0.489 e. The summed E-state index contributed by atoms with van der Waals surface area (Å²) in [4.78, 5) is 11.5. The Bertz CT molecular complexity index is 1200. The zero-order chi connectivity index (χ0) is 20.9. The van der Waals surface area contributed by atoms with Crippen LogP contribution in [0.5, 0.6) is 11.5 Å². The van der Waals surface area contributed by atoms with E-state index in [9.17, 15) is 9.90 Å². The van der Waals surface area contributed by atoms with Crippen LogP contribution in [0.1, 0.15) is 27.0 Å². The van der Waals surface area contributed by atoms with E-state index in [1.807, 2.05) is 42.5 Å². The second kappa shape index (κ2) is 8.70. The summed E-state index contributed by atoms with van der Waals surface area (Å²) >= 11 is 0. The van der Waals surface area contributed by atoms with Crippen molar-refractivity contribution in [2.75, 3.05) is 0 Å². The molecule has 0 radical (unpaired) electrons. The molecule has 0 fully saturated rings. The van der Waals surface area contributed by atoms with Crippen LogP contribution in [0.25, 0.3) is 10.8 Å². The van der Waals surface area contributed by atoms with Gasteiger partial charge in [-0.1, -0.05) is 60.7 Å². The summed E-state index contributed by atoms with van der Waals surface area (Å²) in [6.45, 7) is 2.42. The molecule has 0 spiro atoms. The first kappa shape index (κ1) is 19.5. The lowest BCUT2D eigenvalue weighted by Gasteiger charge is -2.12. The number of benzene rings is 4. The minimum atomic E-state index is -0.945. The van der Waals surface area contributed by atoms with Crippen LogP contribution in [0.2, 0.25) is 0 Å². The first-order valence-corrected chi connectivity index (χ1v) is 9.75. The van der Waals surface area contributed by atoms with Crippen molar-refractivity contribution >= 4 is 16.7 Å². The molecule has 4 aromatic carbocycles. The highest BCUT2D eigenvalue weighted by Gasteiger charge is 2.13. The van der Waals surface area contributed by atoms with E-state index < -0.39 is 5.97 Å². The van der Waals surface area contributed by atoms with Crippen molar-refractivity contribution in [3.8, 4) is 11.5 Å². The van der Waals surface area contributed by atoms with E-state index >= 15 is 0 Å². The average Bonchev–Trinajstić information content (AvgIpc) is 2.76. The number of aromatic carboxylic acids is 1. The summed E-state index contributed by atoms with van der Waals surface area (Å²) in [6.07, 6.45) is 0. The molecular weight excluding hydrogens is 376 g/mol. The van der Waals surface area contributed by atoms with Crippen LogP contribution in [0.4, 0.5) is 0 Å². The molecule has 4 heteroatoms. The summed E-state index contributed by atoms with van der Waals surface area (Å²) in [5, 5.41) is 11.8. The standard InChI is InChI=1S/C26H22O4/c1-18-6-4-9-22(25(18)26(27)28)17-30-24-11-5-10-23(15-24)29-16-19-12-13-20-7-2-3-8-21(20)14-19/h2-15H,16-17H2,1H3,(H,27,28). The second-order valence-corrected chi connectivity index (χ2v) is 7.15. The molecule has 0 aliphatic rings. The Kier molecular flexibility index (Phi) is 5.66. The van der Waals surface area contributed by atoms with Gasteiger partial charge in [-0.2, -0.15) is 0 Å². The van der Waals surface area contributed by atoms with Gasteiger partial charge in [0.2, 0.25) is 0 Å². The molecule has 0 aromatic heterocycles. The summed E-state index contributed by atoms with van der Waals surface area (Å²) < 4.78 is 11.8. The third-order valence-corrected chi connectivity index (χ3v) is 4.99. The largest absolute Gasteiger partial charge is 0.489 e. The Morgan fingerprint density at radius 3 is 2.23 bits per heavy atom. The summed E-state index contributed by atoms with van der Waals surface area (Å²) in [6, 6.07) is 27.3. The molecule has 0 amide bonds. The Hall–Kier alpha value is -3.79. The average molecular weight is 398 g/mol. The van der Waals surface area contributed by atoms with Crippen molar-refractivity contribution in [2.45, 2.75) is 20.1 Å². The molecule has 0 atom stereocenters. The number of hydrogen-bond acceptors (Lipinski definition) is 3. The van der Waals surface area contributed by atoms with Crippen molar-refractivity contribution in [2.24, 2.45) is 0 Å². The molecule has 30 heavy (non-hydrogen) atoms. The molecule has 0 aliphatic heterocycles. The highest BCUT2D eigenvalue weighted by atomic mass is 16.5. The van der Waals surface area contributed by atoms with Gasteiger partial charge in [-0.15, -0.1) is 0 Å². The Morgan fingerprint density at radius 1 is 0.767 bits per heavy atom. The molecule has 0 bridgehead atoms. The van der Waals surface area contributed by atoms with Crippen LogP contribution in [-0.4, -0.2) is 11.1 Å². The number of carbonyl (C=O) groups is 1. The fraction of sp³-hybridized carbons (Fsp3) is 0.115. The van der Waals surface area contributed by atoms with Crippen LogP contribution in [0, 0.1) is 6.92 Å². The van der Waals surface area contributed by atoms with Crippen LogP contribution in [0.15, 0.2) is 84.9 Å². The quantitative estimate of drug-likeness (QED) is 0.414. The van der Waals surface area contributed by atoms with E-state index in [4.69, 9.17) is 9.47 Å². The minimum absolute atomic E-state index is 0.178.